The van der Waals surface area contributed by atoms with E-state index in [1.54, 1.807) is 27.7 Å². The lowest BCUT2D eigenvalue weighted by molar-refractivity contribution is -0.108. The standard InChI is InChI=1S/C14H18FNO3/c1-9(8-17)11-7-10(5-6-12(11)15)16-13(18)19-14(2,3)4/h5-9H,1-4H3,(H,16,18). The van der Waals surface area contributed by atoms with E-state index in [0.717, 1.165) is 0 Å². The molecule has 1 unspecified atom stereocenters. The van der Waals surface area contributed by atoms with Crippen molar-refractivity contribution >= 4 is 18.1 Å². The summed E-state index contributed by atoms with van der Waals surface area (Å²) < 4.78 is 18.6. The van der Waals surface area contributed by atoms with Crippen LogP contribution >= 0.6 is 0 Å². The van der Waals surface area contributed by atoms with Gasteiger partial charge in [-0.1, -0.05) is 6.92 Å². The molecule has 1 aromatic carbocycles. The normalized spacial score (nSPS) is 12.7. The molecular weight excluding hydrogens is 249 g/mol. The zero-order chi connectivity index (χ0) is 14.6. The molecule has 0 aliphatic rings. The zero-order valence-electron chi connectivity index (χ0n) is 11.5. The van der Waals surface area contributed by atoms with E-state index in [2.05, 4.69) is 5.32 Å². The number of benzene rings is 1. The van der Waals surface area contributed by atoms with Crippen LogP contribution in [0.3, 0.4) is 0 Å². The number of carbonyl (C=O) groups excluding carboxylic acids is 2. The number of carbonyl (C=O) groups is 2. The van der Waals surface area contributed by atoms with Crippen LogP contribution in [0.15, 0.2) is 18.2 Å². The number of amides is 1. The molecule has 0 spiro atoms. The van der Waals surface area contributed by atoms with E-state index in [1.807, 2.05) is 0 Å². The Morgan fingerprint density at radius 2 is 2.05 bits per heavy atom. The summed E-state index contributed by atoms with van der Waals surface area (Å²) >= 11 is 0. The third-order valence-electron chi connectivity index (χ3n) is 2.34. The Hall–Kier alpha value is -1.91. The molecule has 1 N–H and O–H groups in total. The fourth-order valence-electron chi connectivity index (χ4n) is 1.47. The van der Waals surface area contributed by atoms with Crippen LogP contribution in [0.1, 0.15) is 39.2 Å². The smallest absolute Gasteiger partial charge is 0.412 e. The Kier molecular flexibility index (Phi) is 4.64. The van der Waals surface area contributed by atoms with Crippen LogP contribution in [0.2, 0.25) is 0 Å². The molecule has 0 bridgehead atoms. The number of nitrogens with one attached hydrogen (secondary N) is 1. The number of hydrogen-bond donors (Lipinski definition) is 1. The van der Waals surface area contributed by atoms with Crippen molar-refractivity contribution in [1.29, 1.82) is 0 Å². The van der Waals surface area contributed by atoms with Crippen LogP contribution in [-0.2, 0) is 9.53 Å². The van der Waals surface area contributed by atoms with Crippen LogP contribution in [0.4, 0.5) is 14.9 Å². The fourth-order valence-corrected chi connectivity index (χ4v) is 1.47. The molecule has 0 radical (unpaired) electrons. The highest BCUT2D eigenvalue weighted by molar-refractivity contribution is 5.85. The van der Waals surface area contributed by atoms with E-state index < -0.39 is 23.4 Å². The highest BCUT2D eigenvalue weighted by Crippen LogP contribution is 2.22. The highest BCUT2D eigenvalue weighted by atomic mass is 19.1. The van der Waals surface area contributed by atoms with Gasteiger partial charge >= 0.3 is 6.09 Å². The largest absolute Gasteiger partial charge is 0.444 e. The monoisotopic (exact) mass is 267 g/mol. The lowest BCUT2D eigenvalue weighted by atomic mass is 10.0. The van der Waals surface area contributed by atoms with Gasteiger partial charge in [0.25, 0.3) is 0 Å². The number of anilines is 1. The molecule has 5 heteroatoms. The number of rotatable bonds is 3. The van der Waals surface area contributed by atoms with E-state index >= 15 is 0 Å². The minimum absolute atomic E-state index is 0.239. The van der Waals surface area contributed by atoms with Crippen LogP contribution < -0.4 is 5.32 Å². The molecule has 1 amide bonds. The number of aldehydes is 1. The zero-order valence-corrected chi connectivity index (χ0v) is 11.5. The van der Waals surface area contributed by atoms with Crippen molar-refractivity contribution in [1.82, 2.24) is 0 Å². The number of ether oxygens (including phenoxy) is 1. The summed E-state index contributed by atoms with van der Waals surface area (Å²) in [7, 11) is 0. The number of halogens is 1. The van der Waals surface area contributed by atoms with E-state index in [0.29, 0.717) is 12.0 Å². The van der Waals surface area contributed by atoms with Crippen molar-refractivity contribution in [3.8, 4) is 0 Å². The van der Waals surface area contributed by atoms with Gasteiger partial charge < -0.3 is 9.53 Å². The molecule has 19 heavy (non-hydrogen) atoms. The lowest BCUT2D eigenvalue weighted by Gasteiger charge is -2.20. The van der Waals surface area contributed by atoms with Gasteiger partial charge in [-0.3, -0.25) is 5.32 Å². The Morgan fingerprint density at radius 3 is 2.58 bits per heavy atom. The third-order valence-corrected chi connectivity index (χ3v) is 2.34. The molecule has 4 nitrogen and oxygen atoms in total. The highest BCUT2D eigenvalue weighted by Gasteiger charge is 2.17. The molecule has 0 saturated heterocycles. The quantitative estimate of drug-likeness (QED) is 0.853. The van der Waals surface area contributed by atoms with Gasteiger partial charge in [0.15, 0.2) is 0 Å². The summed E-state index contributed by atoms with van der Waals surface area (Å²) in [5.74, 6) is -1.05. The first-order valence-electron chi connectivity index (χ1n) is 5.97. The van der Waals surface area contributed by atoms with Crippen LogP contribution in [0.25, 0.3) is 0 Å². The molecule has 1 atom stereocenters. The summed E-state index contributed by atoms with van der Waals surface area (Å²) in [6.45, 7) is 6.83. The van der Waals surface area contributed by atoms with E-state index in [1.165, 1.54) is 18.2 Å². The Balaban J connectivity index is 2.86. The summed E-state index contributed by atoms with van der Waals surface area (Å²) in [6.07, 6.45) is 0.0270. The first-order valence-corrected chi connectivity index (χ1v) is 5.97. The van der Waals surface area contributed by atoms with Crippen molar-refractivity contribution in [2.45, 2.75) is 39.2 Å². The van der Waals surface area contributed by atoms with Gasteiger partial charge in [-0.15, -0.1) is 0 Å². The van der Waals surface area contributed by atoms with Crippen molar-refractivity contribution in [3.05, 3.63) is 29.6 Å². The average molecular weight is 267 g/mol. The van der Waals surface area contributed by atoms with Crippen LogP contribution in [-0.4, -0.2) is 18.0 Å². The summed E-state index contributed by atoms with van der Waals surface area (Å²) in [5.41, 5.74) is 0.0196. The molecular formula is C14H18FNO3. The van der Waals surface area contributed by atoms with E-state index in [9.17, 15) is 14.0 Å². The van der Waals surface area contributed by atoms with Crippen molar-refractivity contribution in [2.75, 3.05) is 5.32 Å². The minimum Gasteiger partial charge on any atom is -0.444 e. The molecule has 0 aliphatic carbocycles. The maximum atomic E-state index is 13.5. The van der Waals surface area contributed by atoms with Crippen molar-refractivity contribution < 1.29 is 18.7 Å². The molecule has 0 aromatic heterocycles. The van der Waals surface area contributed by atoms with Crippen LogP contribution in [0.5, 0.6) is 0 Å². The summed E-state index contributed by atoms with van der Waals surface area (Å²) in [4.78, 5) is 22.3. The van der Waals surface area contributed by atoms with Gasteiger partial charge in [-0.05, 0) is 44.5 Å². The maximum absolute atomic E-state index is 13.5. The Labute approximate surface area is 112 Å². The number of hydrogen-bond acceptors (Lipinski definition) is 3. The molecule has 1 rings (SSSR count). The molecule has 0 saturated carbocycles. The second-order valence-corrected chi connectivity index (χ2v) is 5.29. The molecule has 104 valence electrons. The molecule has 1 aromatic rings. The van der Waals surface area contributed by atoms with Gasteiger partial charge in [0, 0.05) is 11.6 Å². The predicted octanol–water partition coefficient (Wildman–Crippen LogP) is 3.48. The van der Waals surface area contributed by atoms with Gasteiger partial charge in [-0.25, -0.2) is 9.18 Å². The Morgan fingerprint density at radius 1 is 1.42 bits per heavy atom. The molecule has 0 fully saturated rings. The minimum atomic E-state index is -0.621. The second kappa shape index (κ2) is 5.82. The fraction of sp³-hybridized carbons (Fsp3) is 0.429. The van der Waals surface area contributed by atoms with Gasteiger partial charge in [0.2, 0.25) is 0 Å². The van der Waals surface area contributed by atoms with Crippen molar-refractivity contribution in [3.63, 3.8) is 0 Å². The van der Waals surface area contributed by atoms with Gasteiger partial charge in [0.05, 0.1) is 0 Å². The van der Waals surface area contributed by atoms with E-state index in [-0.39, 0.29) is 5.56 Å². The van der Waals surface area contributed by atoms with Crippen LogP contribution in [0, 0.1) is 5.82 Å². The third kappa shape index (κ3) is 4.69. The van der Waals surface area contributed by atoms with E-state index in [4.69, 9.17) is 4.74 Å². The van der Waals surface area contributed by atoms with Gasteiger partial charge in [0.1, 0.15) is 17.7 Å². The predicted molar refractivity (Wildman–Crippen MR) is 70.7 cm³/mol. The molecule has 0 heterocycles. The average Bonchev–Trinajstić information content (AvgIpc) is 2.28. The first-order chi connectivity index (χ1) is 8.73. The molecule has 0 aliphatic heterocycles. The van der Waals surface area contributed by atoms with Gasteiger partial charge in [-0.2, -0.15) is 0 Å². The van der Waals surface area contributed by atoms with Crippen molar-refractivity contribution in [2.24, 2.45) is 0 Å². The topological polar surface area (TPSA) is 55.4 Å². The Bertz CT molecular complexity index is 480. The maximum Gasteiger partial charge on any atom is 0.412 e. The second-order valence-electron chi connectivity index (χ2n) is 5.29. The first kappa shape index (κ1) is 15.1. The lowest BCUT2D eigenvalue weighted by Crippen LogP contribution is -2.27. The SMILES string of the molecule is CC(C=O)c1cc(NC(=O)OC(C)(C)C)ccc1F. The summed E-state index contributed by atoms with van der Waals surface area (Å²) in [5, 5.41) is 2.50. The summed E-state index contributed by atoms with van der Waals surface area (Å²) in [6, 6.07) is 4.06.